The van der Waals surface area contributed by atoms with Crippen molar-refractivity contribution in [1.29, 1.82) is 0 Å². The molecule has 0 amide bonds. The zero-order valence-corrected chi connectivity index (χ0v) is 8.39. The molecule has 0 spiro atoms. The van der Waals surface area contributed by atoms with Crippen molar-refractivity contribution < 1.29 is 5.11 Å². The molecule has 1 aliphatic heterocycles. The van der Waals surface area contributed by atoms with Crippen molar-refractivity contribution in [3.8, 4) is 0 Å². The Kier molecular flexibility index (Phi) is 2.63. The van der Waals surface area contributed by atoms with Gasteiger partial charge in [-0.3, -0.25) is 0 Å². The number of aliphatic hydroxyl groups is 1. The van der Waals surface area contributed by atoms with E-state index in [0.717, 1.165) is 24.1 Å². The van der Waals surface area contributed by atoms with Crippen molar-refractivity contribution in [2.45, 2.75) is 24.2 Å². The van der Waals surface area contributed by atoms with Crippen LogP contribution in [0.2, 0.25) is 0 Å². The Bertz CT molecular complexity index is 161. The van der Waals surface area contributed by atoms with Gasteiger partial charge in [-0.15, -0.1) is 0 Å². The molecular formula is C9H17NOS. The predicted molar refractivity (Wildman–Crippen MR) is 52.5 cm³/mol. The van der Waals surface area contributed by atoms with Gasteiger partial charge in [0.2, 0.25) is 0 Å². The Hall–Kier alpha value is 0.270. The average molecular weight is 187 g/mol. The third-order valence-corrected chi connectivity index (χ3v) is 4.22. The van der Waals surface area contributed by atoms with Crippen molar-refractivity contribution >= 4 is 11.8 Å². The van der Waals surface area contributed by atoms with Crippen LogP contribution in [0.1, 0.15) is 12.8 Å². The Morgan fingerprint density at radius 1 is 1.42 bits per heavy atom. The number of nitrogens with zero attached hydrogens (tertiary/aromatic N) is 1. The SMILES string of the molecule is CN1C[C@H](CSC2CC2)[C@@H](O)C1. The third-order valence-electron chi connectivity index (χ3n) is 2.66. The summed E-state index contributed by atoms with van der Waals surface area (Å²) in [5.41, 5.74) is 0. The maximum atomic E-state index is 9.64. The Morgan fingerprint density at radius 2 is 2.17 bits per heavy atom. The molecule has 2 aliphatic rings. The van der Waals surface area contributed by atoms with Crippen LogP contribution in [0.25, 0.3) is 0 Å². The summed E-state index contributed by atoms with van der Waals surface area (Å²) in [5.74, 6) is 1.69. The Morgan fingerprint density at radius 3 is 2.67 bits per heavy atom. The van der Waals surface area contributed by atoms with Gasteiger partial charge in [0.1, 0.15) is 0 Å². The number of hydrogen-bond acceptors (Lipinski definition) is 3. The fourth-order valence-electron chi connectivity index (χ4n) is 1.72. The Balaban J connectivity index is 1.71. The maximum Gasteiger partial charge on any atom is 0.0715 e. The first kappa shape index (κ1) is 8.85. The molecule has 0 radical (unpaired) electrons. The molecule has 1 saturated carbocycles. The molecule has 0 bridgehead atoms. The van der Waals surface area contributed by atoms with E-state index in [-0.39, 0.29) is 6.10 Å². The van der Waals surface area contributed by atoms with Crippen LogP contribution in [0.3, 0.4) is 0 Å². The van der Waals surface area contributed by atoms with Gasteiger partial charge in [-0.1, -0.05) is 0 Å². The molecule has 2 rings (SSSR count). The van der Waals surface area contributed by atoms with E-state index in [1.807, 2.05) is 0 Å². The molecule has 0 aromatic heterocycles. The second kappa shape index (κ2) is 3.56. The van der Waals surface area contributed by atoms with Crippen molar-refractivity contribution in [1.82, 2.24) is 4.90 Å². The van der Waals surface area contributed by atoms with Crippen LogP contribution < -0.4 is 0 Å². The minimum Gasteiger partial charge on any atom is -0.391 e. The lowest BCUT2D eigenvalue weighted by Crippen LogP contribution is -2.20. The number of thioether (sulfide) groups is 1. The molecule has 2 atom stereocenters. The molecule has 1 saturated heterocycles. The smallest absolute Gasteiger partial charge is 0.0715 e. The molecule has 0 aromatic carbocycles. The third kappa shape index (κ3) is 2.15. The van der Waals surface area contributed by atoms with E-state index in [1.54, 1.807) is 0 Å². The molecule has 12 heavy (non-hydrogen) atoms. The van der Waals surface area contributed by atoms with Gasteiger partial charge in [0.15, 0.2) is 0 Å². The fourth-order valence-corrected chi connectivity index (χ4v) is 3.04. The standard InChI is InChI=1S/C9H17NOS/c1-10-4-7(9(11)5-10)6-12-8-2-3-8/h7-9,11H,2-6H2,1H3/t7-,9+/m1/s1. The van der Waals surface area contributed by atoms with Gasteiger partial charge in [0.05, 0.1) is 6.10 Å². The van der Waals surface area contributed by atoms with E-state index in [1.165, 1.54) is 12.8 Å². The summed E-state index contributed by atoms with van der Waals surface area (Å²) < 4.78 is 0. The first-order chi connectivity index (χ1) is 5.75. The molecule has 2 fully saturated rings. The number of aliphatic hydroxyl groups excluding tert-OH is 1. The zero-order chi connectivity index (χ0) is 8.55. The molecule has 70 valence electrons. The molecule has 0 aromatic rings. The highest BCUT2D eigenvalue weighted by molar-refractivity contribution is 8.00. The lowest BCUT2D eigenvalue weighted by atomic mass is 10.1. The van der Waals surface area contributed by atoms with E-state index < -0.39 is 0 Å². The van der Waals surface area contributed by atoms with Crippen molar-refractivity contribution in [3.63, 3.8) is 0 Å². The molecule has 1 heterocycles. The van der Waals surface area contributed by atoms with E-state index in [9.17, 15) is 5.11 Å². The number of hydrogen-bond donors (Lipinski definition) is 1. The highest BCUT2D eigenvalue weighted by Gasteiger charge is 2.31. The molecule has 1 N–H and O–H groups in total. The molecule has 1 aliphatic carbocycles. The summed E-state index contributed by atoms with van der Waals surface area (Å²) in [6.07, 6.45) is 2.74. The number of rotatable bonds is 3. The van der Waals surface area contributed by atoms with Crippen LogP contribution in [-0.4, -0.2) is 47.3 Å². The van der Waals surface area contributed by atoms with Gasteiger partial charge in [-0.25, -0.2) is 0 Å². The fraction of sp³-hybridized carbons (Fsp3) is 1.00. The second-order valence-electron chi connectivity index (χ2n) is 4.08. The first-order valence-corrected chi connectivity index (χ1v) is 5.79. The lowest BCUT2D eigenvalue weighted by molar-refractivity contribution is 0.152. The highest BCUT2D eigenvalue weighted by atomic mass is 32.2. The monoisotopic (exact) mass is 187 g/mol. The average Bonchev–Trinajstić information content (AvgIpc) is 2.76. The number of β-amino-alcohol motifs (C(OH)–C–C–N with tert-alkyl or cyclic N) is 1. The van der Waals surface area contributed by atoms with Gasteiger partial charge < -0.3 is 10.0 Å². The van der Waals surface area contributed by atoms with E-state index in [2.05, 4.69) is 23.7 Å². The lowest BCUT2D eigenvalue weighted by Gasteiger charge is -2.11. The van der Waals surface area contributed by atoms with Crippen molar-refractivity contribution in [3.05, 3.63) is 0 Å². The number of likely N-dealkylation sites (tertiary alicyclic amines) is 1. The summed E-state index contributed by atoms with van der Waals surface area (Å²) in [7, 11) is 2.09. The topological polar surface area (TPSA) is 23.5 Å². The van der Waals surface area contributed by atoms with Crippen LogP contribution >= 0.6 is 11.8 Å². The summed E-state index contributed by atoms with van der Waals surface area (Å²) in [6.45, 7) is 1.96. The summed E-state index contributed by atoms with van der Waals surface area (Å²) >= 11 is 2.06. The van der Waals surface area contributed by atoms with Gasteiger partial charge in [0.25, 0.3) is 0 Å². The van der Waals surface area contributed by atoms with Crippen molar-refractivity contribution in [2.24, 2.45) is 5.92 Å². The second-order valence-corrected chi connectivity index (χ2v) is 5.41. The van der Waals surface area contributed by atoms with E-state index in [0.29, 0.717) is 5.92 Å². The summed E-state index contributed by atoms with van der Waals surface area (Å²) in [5, 5.41) is 10.6. The zero-order valence-electron chi connectivity index (χ0n) is 7.57. The number of likely N-dealkylation sites (N-methyl/N-ethyl adjacent to an activating group) is 1. The summed E-state index contributed by atoms with van der Waals surface area (Å²) in [6, 6.07) is 0. The van der Waals surface area contributed by atoms with Crippen LogP contribution in [0.4, 0.5) is 0 Å². The molecule has 2 nitrogen and oxygen atoms in total. The van der Waals surface area contributed by atoms with Gasteiger partial charge >= 0.3 is 0 Å². The van der Waals surface area contributed by atoms with Crippen LogP contribution in [0, 0.1) is 5.92 Å². The highest BCUT2D eigenvalue weighted by Crippen LogP contribution is 2.36. The summed E-state index contributed by atoms with van der Waals surface area (Å²) in [4.78, 5) is 2.22. The minimum atomic E-state index is -0.0683. The van der Waals surface area contributed by atoms with Crippen LogP contribution in [0.15, 0.2) is 0 Å². The van der Waals surface area contributed by atoms with Gasteiger partial charge in [-0.2, -0.15) is 11.8 Å². The predicted octanol–water partition coefficient (Wildman–Crippen LogP) is 0.804. The maximum absolute atomic E-state index is 9.64. The molecular weight excluding hydrogens is 170 g/mol. The molecule has 0 unspecified atom stereocenters. The van der Waals surface area contributed by atoms with Gasteiger partial charge in [-0.05, 0) is 19.9 Å². The van der Waals surface area contributed by atoms with Crippen molar-refractivity contribution in [2.75, 3.05) is 25.9 Å². The van der Waals surface area contributed by atoms with Crippen LogP contribution in [-0.2, 0) is 0 Å². The largest absolute Gasteiger partial charge is 0.391 e. The van der Waals surface area contributed by atoms with Crippen LogP contribution in [0.5, 0.6) is 0 Å². The first-order valence-electron chi connectivity index (χ1n) is 4.74. The van der Waals surface area contributed by atoms with E-state index in [4.69, 9.17) is 0 Å². The molecule has 3 heteroatoms. The minimum absolute atomic E-state index is 0.0683. The quantitative estimate of drug-likeness (QED) is 0.707. The normalized spacial score (nSPS) is 37.5. The van der Waals surface area contributed by atoms with E-state index >= 15 is 0 Å². The van der Waals surface area contributed by atoms with Gasteiger partial charge in [0, 0.05) is 30.0 Å². The Labute approximate surface area is 78.3 Å².